The van der Waals surface area contributed by atoms with Gasteiger partial charge in [0.25, 0.3) is 0 Å². The summed E-state index contributed by atoms with van der Waals surface area (Å²) in [6, 6.07) is 6.33. The molecule has 1 spiro atoms. The Kier molecular flexibility index (Phi) is 6.92. The first-order valence-electron chi connectivity index (χ1n) is 9.12. The number of benzene rings is 1. The van der Waals surface area contributed by atoms with Gasteiger partial charge in [0.05, 0.1) is 0 Å². The fourth-order valence-corrected chi connectivity index (χ4v) is 3.64. The zero-order valence-electron chi connectivity index (χ0n) is 15.9. The molecule has 0 atom stereocenters. The molecule has 2 heterocycles. The molecule has 1 saturated heterocycles. The summed E-state index contributed by atoms with van der Waals surface area (Å²) in [5.41, 5.74) is 3.80. The van der Waals surface area contributed by atoms with Crippen LogP contribution in [0.1, 0.15) is 38.2 Å². The van der Waals surface area contributed by atoms with E-state index in [2.05, 4.69) is 29.4 Å². The smallest absolute Gasteiger partial charge is 0.475 e. The number of aliphatic carboxylic acids is 1. The predicted molar refractivity (Wildman–Crippen MR) is 98.7 cm³/mol. The molecule has 1 aromatic carbocycles. The maximum Gasteiger partial charge on any atom is 0.490 e. The van der Waals surface area contributed by atoms with Crippen molar-refractivity contribution >= 4 is 23.3 Å². The minimum Gasteiger partial charge on any atom is -0.475 e. The quantitative estimate of drug-likeness (QED) is 0.808. The number of carboxylic acid groups (broad SMARTS) is 1. The van der Waals surface area contributed by atoms with E-state index in [0.29, 0.717) is 6.42 Å². The first-order chi connectivity index (χ1) is 13.1. The second-order valence-corrected chi connectivity index (χ2v) is 7.08. The van der Waals surface area contributed by atoms with E-state index in [4.69, 9.17) is 14.6 Å². The zero-order valence-corrected chi connectivity index (χ0v) is 15.9. The van der Waals surface area contributed by atoms with E-state index in [1.165, 1.54) is 11.3 Å². The number of hydrogen-bond donors (Lipinski definition) is 2. The molecule has 156 valence electrons. The van der Waals surface area contributed by atoms with Crippen LogP contribution in [0.2, 0.25) is 0 Å². The number of hydrogen-bond acceptors (Lipinski definition) is 4. The average Bonchev–Trinajstić information content (AvgIpc) is 2.87. The number of fused-ring (bicyclic) bond motifs is 2. The number of likely N-dealkylation sites (N-methyl/N-ethyl adjacent to an activating group) is 1. The fraction of sp³-hybridized carbons (Fsp3) is 0.579. The van der Waals surface area contributed by atoms with Crippen LogP contribution in [0.15, 0.2) is 18.2 Å². The molecule has 3 rings (SSSR count). The SMILES string of the molecule is CCCC(=O)Nc1ccc2c(c1)C1(CCOCC1)CN2C.O=C(O)C(F)(F)F. The van der Waals surface area contributed by atoms with E-state index in [1.54, 1.807) is 0 Å². The first-order valence-corrected chi connectivity index (χ1v) is 9.12. The van der Waals surface area contributed by atoms with E-state index in [-0.39, 0.29) is 11.3 Å². The molecule has 0 radical (unpaired) electrons. The molecule has 0 saturated carbocycles. The lowest BCUT2D eigenvalue weighted by atomic mass is 9.76. The number of anilines is 2. The Morgan fingerprint density at radius 2 is 1.89 bits per heavy atom. The van der Waals surface area contributed by atoms with Crippen molar-refractivity contribution in [3.63, 3.8) is 0 Å². The lowest BCUT2D eigenvalue weighted by Crippen LogP contribution is -2.37. The Labute approximate surface area is 161 Å². The number of nitrogens with zero attached hydrogens (tertiary/aromatic N) is 1. The highest BCUT2D eigenvalue weighted by Gasteiger charge is 2.42. The van der Waals surface area contributed by atoms with E-state index in [1.807, 2.05) is 13.0 Å². The Hall–Kier alpha value is -2.29. The van der Waals surface area contributed by atoms with E-state index >= 15 is 0 Å². The zero-order chi connectivity index (χ0) is 20.9. The highest BCUT2D eigenvalue weighted by Crippen LogP contribution is 2.46. The molecule has 0 aliphatic carbocycles. The number of ether oxygens (including phenoxy) is 1. The maximum atomic E-state index is 11.8. The highest BCUT2D eigenvalue weighted by atomic mass is 19.4. The summed E-state index contributed by atoms with van der Waals surface area (Å²) in [4.78, 5) is 23.0. The number of amides is 1. The van der Waals surface area contributed by atoms with Gasteiger partial charge in [0.15, 0.2) is 0 Å². The van der Waals surface area contributed by atoms with Crippen molar-refractivity contribution in [1.82, 2.24) is 0 Å². The van der Waals surface area contributed by atoms with Gasteiger partial charge in [-0.1, -0.05) is 6.92 Å². The molecule has 1 fully saturated rings. The van der Waals surface area contributed by atoms with Crippen LogP contribution >= 0.6 is 0 Å². The fourth-order valence-electron chi connectivity index (χ4n) is 3.64. The van der Waals surface area contributed by atoms with Crippen LogP contribution in [0.25, 0.3) is 0 Å². The Bertz CT molecular complexity index is 716. The van der Waals surface area contributed by atoms with Crippen LogP contribution in [-0.2, 0) is 19.7 Å². The molecule has 2 aliphatic heterocycles. The predicted octanol–water partition coefficient (Wildman–Crippen LogP) is 3.56. The molecular formula is C19H25F3N2O4. The Balaban J connectivity index is 0.000000345. The lowest BCUT2D eigenvalue weighted by molar-refractivity contribution is -0.192. The van der Waals surface area contributed by atoms with E-state index in [0.717, 1.165) is 44.7 Å². The standard InChI is InChI=1S/C17H24N2O2.C2HF3O2/c1-3-4-16(20)18-13-5-6-15-14(11-13)17(12-19(15)2)7-9-21-10-8-17;3-2(4,5)1(6)7/h5-6,11H,3-4,7-10,12H2,1-2H3,(H,18,20);(H,6,7). The van der Waals surface area contributed by atoms with Crippen LogP contribution in [-0.4, -0.2) is 50.0 Å². The van der Waals surface area contributed by atoms with Crippen molar-refractivity contribution in [1.29, 1.82) is 0 Å². The van der Waals surface area contributed by atoms with Gasteiger partial charge in [-0.15, -0.1) is 0 Å². The van der Waals surface area contributed by atoms with Gasteiger partial charge in [0, 0.05) is 50.0 Å². The summed E-state index contributed by atoms with van der Waals surface area (Å²) in [5.74, 6) is -2.66. The number of alkyl halides is 3. The van der Waals surface area contributed by atoms with Crippen molar-refractivity contribution in [3.8, 4) is 0 Å². The summed E-state index contributed by atoms with van der Waals surface area (Å²) < 4.78 is 37.3. The van der Waals surface area contributed by atoms with Gasteiger partial charge in [-0.05, 0) is 43.0 Å². The monoisotopic (exact) mass is 402 g/mol. The van der Waals surface area contributed by atoms with Crippen molar-refractivity contribution in [2.45, 2.75) is 44.2 Å². The number of carboxylic acids is 1. The van der Waals surface area contributed by atoms with Gasteiger partial charge < -0.3 is 20.1 Å². The summed E-state index contributed by atoms with van der Waals surface area (Å²) in [7, 11) is 2.15. The molecule has 1 amide bonds. The van der Waals surface area contributed by atoms with Crippen LogP contribution < -0.4 is 10.2 Å². The Morgan fingerprint density at radius 1 is 1.29 bits per heavy atom. The number of rotatable bonds is 3. The van der Waals surface area contributed by atoms with Gasteiger partial charge in [-0.3, -0.25) is 4.79 Å². The van der Waals surface area contributed by atoms with Crippen molar-refractivity contribution < 1.29 is 32.6 Å². The third-order valence-electron chi connectivity index (χ3n) is 4.97. The van der Waals surface area contributed by atoms with Gasteiger partial charge in [-0.25, -0.2) is 4.79 Å². The molecule has 1 aromatic rings. The number of carbonyl (C=O) groups excluding carboxylic acids is 1. The van der Waals surface area contributed by atoms with Crippen LogP contribution in [0, 0.1) is 0 Å². The molecule has 28 heavy (non-hydrogen) atoms. The van der Waals surface area contributed by atoms with Crippen molar-refractivity contribution in [3.05, 3.63) is 23.8 Å². The van der Waals surface area contributed by atoms with Gasteiger partial charge in [0.1, 0.15) is 0 Å². The normalized spacial score (nSPS) is 17.5. The second kappa shape index (κ2) is 8.81. The van der Waals surface area contributed by atoms with Gasteiger partial charge in [0.2, 0.25) is 5.91 Å². The van der Waals surface area contributed by atoms with Crippen molar-refractivity contribution in [2.24, 2.45) is 0 Å². The van der Waals surface area contributed by atoms with Gasteiger partial charge in [-0.2, -0.15) is 13.2 Å². The second-order valence-electron chi connectivity index (χ2n) is 7.08. The molecule has 0 bridgehead atoms. The first kappa shape index (κ1) is 22.0. The topological polar surface area (TPSA) is 78.9 Å². The summed E-state index contributed by atoms with van der Waals surface area (Å²) in [5, 5.41) is 10.1. The largest absolute Gasteiger partial charge is 0.490 e. The highest BCUT2D eigenvalue weighted by molar-refractivity contribution is 5.91. The summed E-state index contributed by atoms with van der Waals surface area (Å²) in [6.07, 6.45) is -1.50. The van der Waals surface area contributed by atoms with Crippen LogP contribution in [0.5, 0.6) is 0 Å². The molecule has 0 unspecified atom stereocenters. The van der Waals surface area contributed by atoms with E-state index < -0.39 is 12.1 Å². The maximum absolute atomic E-state index is 11.8. The minimum absolute atomic E-state index is 0.102. The van der Waals surface area contributed by atoms with E-state index in [9.17, 15) is 18.0 Å². The van der Waals surface area contributed by atoms with Crippen LogP contribution in [0.4, 0.5) is 24.5 Å². The minimum atomic E-state index is -5.08. The molecular weight excluding hydrogens is 377 g/mol. The summed E-state index contributed by atoms with van der Waals surface area (Å²) >= 11 is 0. The molecule has 2 aliphatic rings. The lowest BCUT2D eigenvalue weighted by Gasteiger charge is -2.34. The van der Waals surface area contributed by atoms with Gasteiger partial charge >= 0.3 is 12.1 Å². The van der Waals surface area contributed by atoms with Crippen LogP contribution in [0.3, 0.4) is 0 Å². The third kappa shape index (κ3) is 5.15. The molecule has 2 N–H and O–H groups in total. The molecule has 0 aromatic heterocycles. The average molecular weight is 402 g/mol. The Morgan fingerprint density at radius 3 is 2.43 bits per heavy atom. The number of halogens is 3. The van der Waals surface area contributed by atoms with Crippen molar-refractivity contribution in [2.75, 3.05) is 37.0 Å². The molecule has 9 heteroatoms. The molecule has 6 nitrogen and oxygen atoms in total. The number of carbonyl (C=O) groups is 2. The summed E-state index contributed by atoms with van der Waals surface area (Å²) in [6.45, 7) is 4.74. The number of nitrogens with one attached hydrogen (secondary N) is 1. The third-order valence-corrected chi connectivity index (χ3v) is 4.97.